The molecule has 112 valence electrons. The maximum absolute atomic E-state index is 12.6. The van der Waals surface area contributed by atoms with Crippen molar-refractivity contribution in [3.05, 3.63) is 34.3 Å². The van der Waals surface area contributed by atoms with Crippen LogP contribution < -0.4 is 5.73 Å². The standard InChI is InChI=1S/C15H23BrN2O2/c1-4-18(10-11-20-5-2)14(19)15(3,17)12-6-8-13(16)9-7-12/h6-9H,4-5,10-11,17H2,1-3H3. The second-order valence-corrected chi connectivity index (χ2v) is 5.71. The summed E-state index contributed by atoms with van der Waals surface area (Å²) in [5, 5.41) is 0. The smallest absolute Gasteiger partial charge is 0.247 e. The van der Waals surface area contributed by atoms with Crippen LogP contribution >= 0.6 is 15.9 Å². The number of halogens is 1. The Morgan fingerprint density at radius 1 is 1.35 bits per heavy atom. The van der Waals surface area contributed by atoms with Gasteiger partial charge in [-0.05, 0) is 38.5 Å². The number of benzene rings is 1. The van der Waals surface area contributed by atoms with E-state index in [1.165, 1.54) is 0 Å². The third kappa shape index (κ3) is 4.30. The number of rotatable bonds is 7. The quantitative estimate of drug-likeness (QED) is 0.774. The third-order valence-electron chi connectivity index (χ3n) is 3.27. The lowest BCUT2D eigenvalue weighted by molar-refractivity contribution is -0.137. The van der Waals surface area contributed by atoms with Crippen LogP contribution in [0.3, 0.4) is 0 Å². The minimum absolute atomic E-state index is 0.0815. The van der Waals surface area contributed by atoms with Gasteiger partial charge in [-0.1, -0.05) is 28.1 Å². The topological polar surface area (TPSA) is 55.6 Å². The lowest BCUT2D eigenvalue weighted by atomic mass is 9.91. The Balaban J connectivity index is 2.83. The summed E-state index contributed by atoms with van der Waals surface area (Å²) >= 11 is 3.38. The van der Waals surface area contributed by atoms with Crippen molar-refractivity contribution in [2.45, 2.75) is 26.3 Å². The van der Waals surface area contributed by atoms with Gasteiger partial charge < -0.3 is 15.4 Å². The molecule has 1 aromatic carbocycles. The molecule has 20 heavy (non-hydrogen) atoms. The Kier molecular flexibility index (Phi) is 6.65. The van der Waals surface area contributed by atoms with Gasteiger partial charge in [-0.2, -0.15) is 0 Å². The minimum Gasteiger partial charge on any atom is -0.380 e. The van der Waals surface area contributed by atoms with Crippen molar-refractivity contribution in [1.82, 2.24) is 4.90 Å². The summed E-state index contributed by atoms with van der Waals surface area (Å²) in [5.74, 6) is -0.0815. The van der Waals surface area contributed by atoms with Crippen LogP contribution in [0.2, 0.25) is 0 Å². The zero-order valence-electron chi connectivity index (χ0n) is 12.4. The highest BCUT2D eigenvalue weighted by atomic mass is 79.9. The molecule has 0 aliphatic carbocycles. The van der Waals surface area contributed by atoms with Crippen molar-refractivity contribution < 1.29 is 9.53 Å². The van der Waals surface area contributed by atoms with E-state index in [4.69, 9.17) is 10.5 Å². The van der Waals surface area contributed by atoms with E-state index in [0.717, 1.165) is 10.0 Å². The van der Waals surface area contributed by atoms with Gasteiger partial charge in [0.05, 0.1) is 6.61 Å². The maximum Gasteiger partial charge on any atom is 0.247 e. The maximum atomic E-state index is 12.6. The van der Waals surface area contributed by atoms with Gasteiger partial charge in [-0.3, -0.25) is 4.79 Å². The summed E-state index contributed by atoms with van der Waals surface area (Å²) in [6.45, 7) is 8.00. The number of amides is 1. The lowest BCUT2D eigenvalue weighted by Gasteiger charge is -2.31. The molecule has 0 fully saturated rings. The highest BCUT2D eigenvalue weighted by Gasteiger charge is 2.33. The van der Waals surface area contributed by atoms with E-state index in [-0.39, 0.29) is 5.91 Å². The first-order valence-electron chi connectivity index (χ1n) is 6.85. The predicted octanol–water partition coefficient (Wildman–Crippen LogP) is 2.51. The number of likely N-dealkylation sites (N-methyl/N-ethyl adjacent to an activating group) is 1. The molecule has 0 aliphatic heterocycles. The van der Waals surface area contributed by atoms with E-state index in [1.807, 2.05) is 38.1 Å². The second-order valence-electron chi connectivity index (χ2n) is 4.79. The molecule has 4 nitrogen and oxygen atoms in total. The van der Waals surface area contributed by atoms with E-state index >= 15 is 0 Å². The molecule has 0 heterocycles. The molecule has 1 atom stereocenters. The van der Waals surface area contributed by atoms with Crippen LogP contribution in [-0.2, 0) is 15.1 Å². The molecule has 1 amide bonds. The fourth-order valence-corrected chi connectivity index (χ4v) is 2.23. The second kappa shape index (κ2) is 7.76. The van der Waals surface area contributed by atoms with Crippen molar-refractivity contribution >= 4 is 21.8 Å². The highest BCUT2D eigenvalue weighted by Crippen LogP contribution is 2.22. The van der Waals surface area contributed by atoms with Crippen molar-refractivity contribution in [3.8, 4) is 0 Å². The van der Waals surface area contributed by atoms with Gasteiger partial charge in [0, 0.05) is 24.2 Å². The highest BCUT2D eigenvalue weighted by molar-refractivity contribution is 9.10. The molecule has 0 aliphatic rings. The van der Waals surface area contributed by atoms with Gasteiger partial charge in [0.1, 0.15) is 5.54 Å². The molecule has 0 radical (unpaired) electrons. The monoisotopic (exact) mass is 342 g/mol. The first-order valence-corrected chi connectivity index (χ1v) is 7.64. The van der Waals surface area contributed by atoms with Crippen LogP contribution in [0.15, 0.2) is 28.7 Å². The Bertz CT molecular complexity index is 432. The van der Waals surface area contributed by atoms with E-state index in [0.29, 0.717) is 26.3 Å². The summed E-state index contributed by atoms with van der Waals surface area (Å²) in [4.78, 5) is 14.3. The molecule has 0 aromatic heterocycles. The molecule has 2 N–H and O–H groups in total. The Labute approximate surface area is 129 Å². The molecule has 1 rings (SSSR count). The van der Waals surface area contributed by atoms with Gasteiger partial charge in [-0.25, -0.2) is 0 Å². The normalized spacial score (nSPS) is 13.8. The summed E-state index contributed by atoms with van der Waals surface area (Å²) < 4.78 is 6.28. The molecule has 0 spiro atoms. The molecular formula is C15H23BrN2O2. The zero-order valence-corrected chi connectivity index (χ0v) is 13.9. The fourth-order valence-electron chi connectivity index (χ4n) is 1.97. The summed E-state index contributed by atoms with van der Waals surface area (Å²) in [5.41, 5.74) is 6.05. The van der Waals surface area contributed by atoms with Crippen molar-refractivity contribution in [3.63, 3.8) is 0 Å². The summed E-state index contributed by atoms with van der Waals surface area (Å²) in [6, 6.07) is 7.53. The molecule has 0 saturated carbocycles. The third-order valence-corrected chi connectivity index (χ3v) is 3.80. The molecule has 1 aromatic rings. The summed E-state index contributed by atoms with van der Waals surface area (Å²) in [6.07, 6.45) is 0. The van der Waals surface area contributed by atoms with Crippen molar-refractivity contribution in [2.75, 3.05) is 26.3 Å². The predicted molar refractivity (Wildman–Crippen MR) is 84.4 cm³/mol. The Hall–Kier alpha value is -0.910. The number of hydrogen-bond acceptors (Lipinski definition) is 3. The SMILES string of the molecule is CCOCCN(CC)C(=O)C(C)(N)c1ccc(Br)cc1. The average Bonchev–Trinajstić information content (AvgIpc) is 2.43. The van der Waals surface area contributed by atoms with Crippen LogP contribution in [-0.4, -0.2) is 37.1 Å². The van der Waals surface area contributed by atoms with Crippen LogP contribution in [0.4, 0.5) is 0 Å². The first-order chi connectivity index (χ1) is 9.43. The average molecular weight is 343 g/mol. The fraction of sp³-hybridized carbons (Fsp3) is 0.533. The van der Waals surface area contributed by atoms with Crippen LogP contribution in [0.1, 0.15) is 26.3 Å². The number of hydrogen-bond donors (Lipinski definition) is 1. The van der Waals surface area contributed by atoms with E-state index < -0.39 is 5.54 Å². The van der Waals surface area contributed by atoms with E-state index in [2.05, 4.69) is 15.9 Å². The molecule has 1 unspecified atom stereocenters. The Morgan fingerprint density at radius 2 is 1.95 bits per heavy atom. The number of nitrogens with two attached hydrogens (primary N) is 1. The number of carbonyl (C=O) groups is 1. The summed E-state index contributed by atoms with van der Waals surface area (Å²) in [7, 11) is 0. The van der Waals surface area contributed by atoms with Crippen LogP contribution in [0, 0.1) is 0 Å². The number of carbonyl (C=O) groups excluding carboxylic acids is 1. The van der Waals surface area contributed by atoms with Gasteiger partial charge in [-0.15, -0.1) is 0 Å². The molecule has 0 saturated heterocycles. The van der Waals surface area contributed by atoms with E-state index in [1.54, 1.807) is 11.8 Å². The van der Waals surface area contributed by atoms with Gasteiger partial charge in [0.2, 0.25) is 5.91 Å². The largest absolute Gasteiger partial charge is 0.380 e. The number of nitrogens with zero attached hydrogens (tertiary/aromatic N) is 1. The Morgan fingerprint density at radius 3 is 2.45 bits per heavy atom. The lowest BCUT2D eigenvalue weighted by Crippen LogP contribution is -2.51. The van der Waals surface area contributed by atoms with E-state index in [9.17, 15) is 4.79 Å². The van der Waals surface area contributed by atoms with Crippen LogP contribution in [0.5, 0.6) is 0 Å². The molecular weight excluding hydrogens is 320 g/mol. The zero-order chi connectivity index (χ0) is 15.2. The van der Waals surface area contributed by atoms with Crippen LogP contribution in [0.25, 0.3) is 0 Å². The van der Waals surface area contributed by atoms with Gasteiger partial charge >= 0.3 is 0 Å². The van der Waals surface area contributed by atoms with Gasteiger partial charge in [0.25, 0.3) is 0 Å². The van der Waals surface area contributed by atoms with Crippen molar-refractivity contribution in [1.29, 1.82) is 0 Å². The first kappa shape index (κ1) is 17.1. The molecule has 0 bridgehead atoms. The van der Waals surface area contributed by atoms with Gasteiger partial charge in [0.15, 0.2) is 0 Å². The minimum atomic E-state index is -1.02. The van der Waals surface area contributed by atoms with Crippen molar-refractivity contribution in [2.24, 2.45) is 5.73 Å². The number of ether oxygens (including phenoxy) is 1. The molecule has 5 heteroatoms.